The predicted molar refractivity (Wildman–Crippen MR) is 123 cm³/mol. The summed E-state index contributed by atoms with van der Waals surface area (Å²) >= 11 is 1.39. The summed E-state index contributed by atoms with van der Waals surface area (Å²) in [7, 11) is 1.64. The number of aromatic nitrogens is 3. The Bertz CT molecular complexity index is 933. The van der Waals surface area contributed by atoms with E-state index in [0.29, 0.717) is 16.7 Å². The standard InChI is InChI=1S/C23H32F3N5O2S/c1-30-13-16(22(26)29-30)12-21(32)27-17-4-2-15(3-5-17)6-9-31-10-7-18-19(8-11-31)34-23(28-18)33-14-20(24)25/h13,15,17,20H,2-12,14H2,1H3,(H,27,32). The number of rotatable bonds is 9. The van der Waals surface area contributed by atoms with Crippen molar-refractivity contribution in [1.29, 1.82) is 0 Å². The molecule has 34 heavy (non-hydrogen) atoms. The number of amides is 1. The lowest BCUT2D eigenvalue weighted by Gasteiger charge is -2.30. The van der Waals surface area contributed by atoms with E-state index in [1.807, 2.05) is 0 Å². The summed E-state index contributed by atoms with van der Waals surface area (Å²) in [5.41, 5.74) is 1.31. The molecular weight excluding hydrogens is 467 g/mol. The summed E-state index contributed by atoms with van der Waals surface area (Å²) in [6, 6.07) is 0.158. The van der Waals surface area contributed by atoms with Gasteiger partial charge in [-0.25, -0.2) is 13.8 Å². The highest BCUT2D eigenvalue weighted by molar-refractivity contribution is 7.13. The van der Waals surface area contributed by atoms with Gasteiger partial charge in [0.15, 0.2) is 6.61 Å². The van der Waals surface area contributed by atoms with Gasteiger partial charge < -0.3 is 15.0 Å². The number of nitrogens with one attached hydrogen (secondary N) is 1. The maximum atomic E-state index is 13.6. The van der Waals surface area contributed by atoms with Crippen molar-refractivity contribution in [1.82, 2.24) is 25.0 Å². The Morgan fingerprint density at radius 2 is 2.03 bits per heavy atom. The third-order valence-corrected chi connectivity index (χ3v) is 7.75. The van der Waals surface area contributed by atoms with E-state index in [1.54, 1.807) is 13.2 Å². The van der Waals surface area contributed by atoms with Gasteiger partial charge in [0.25, 0.3) is 11.6 Å². The van der Waals surface area contributed by atoms with Crippen LogP contribution in [0.3, 0.4) is 0 Å². The molecule has 1 saturated carbocycles. The molecule has 11 heteroatoms. The van der Waals surface area contributed by atoms with Gasteiger partial charge in [-0.2, -0.15) is 4.39 Å². The highest BCUT2D eigenvalue weighted by Crippen LogP contribution is 2.30. The van der Waals surface area contributed by atoms with E-state index in [9.17, 15) is 18.0 Å². The molecule has 2 aromatic rings. The van der Waals surface area contributed by atoms with E-state index in [1.165, 1.54) is 16.0 Å². The van der Waals surface area contributed by atoms with Crippen LogP contribution in [0.5, 0.6) is 5.19 Å². The third-order valence-electron chi connectivity index (χ3n) is 6.68. The number of alkyl halides is 2. The Morgan fingerprint density at radius 3 is 2.74 bits per heavy atom. The monoisotopic (exact) mass is 499 g/mol. The van der Waals surface area contributed by atoms with Gasteiger partial charge in [0.05, 0.1) is 12.1 Å². The van der Waals surface area contributed by atoms with Crippen LogP contribution in [0, 0.1) is 11.9 Å². The first-order chi connectivity index (χ1) is 16.4. The molecular formula is C23H32F3N5O2S. The fourth-order valence-corrected chi connectivity index (χ4v) is 5.80. The number of thiazole rings is 1. The van der Waals surface area contributed by atoms with Gasteiger partial charge in [0.2, 0.25) is 11.9 Å². The lowest BCUT2D eigenvalue weighted by molar-refractivity contribution is -0.121. The Balaban J connectivity index is 1.13. The normalized spacial score (nSPS) is 21.3. The molecule has 0 saturated heterocycles. The number of ether oxygens (including phenoxy) is 1. The fourth-order valence-electron chi connectivity index (χ4n) is 4.85. The molecule has 0 atom stereocenters. The Hall–Kier alpha value is -2.14. The predicted octanol–water partition coefficient (Wildman–Crippen LogP) is 3.37. The van der Waals surface area contributed by atoms with Gasteiger partial charge >= 0.3 is 0 Å². The molecule has 1 aliphatic carbocycles. The summed E-state index contributed by atoms with van der Waals surface area (Å²) < 4.78 is 44.8. The summed E-state index contributed by atoms with van der Waals surface area (Å²) in [5, 5.41) is 7.05. The number of aryl methyl sites for hydroxylation is 1. The summed E-state index contributed by atoms with van der Waals surface area (Å²) in [6.07, 6.45) is 5.98. The number of fused-ring (bicyclic) bond motifs is 1. The van der Waals surface area contributed by atoms with E-state index in [4.69, 9.17) is 4.74 Å². The van der Waals surface area contributed by atoms with Crippen molar-refractivity contribution in [2.24, 2.45) is 13.0 Å². The van der Waals surface area contributed by atoms with Crippen molar-refractivity contribution in [3.05, 3.63) is 28.3 Å². The molecule has 1 N–H and O–H groups in total. The lowest BCUT2D eigenvalue weighted by Crippen LogP contribution is -2.39. The number of carbonyl (C=O) groups excluding carboxylic acids is 1. The number of hydrogen-bond acceptors (Lipinski definition) is 6. The average molecular weight is 500 g/mol. The van der Waals surface area contributed by atoms with Crippen LogP contribution in [0.4, 0.5) is 13.2 Å². The van der Waals surface area contributed by atoms with E-state index in [2.05, 4.69) is 20.3 Å². The van der Waals surface area contributed by atoms with Crippen molar-refractivity contribution in [3.8, 4) is 5.19 Å². The van der Waals surface area contributed by atoms with Crippen molar-refractivity contribution in [3.63, 3.8) is 0 Å². The minimum Gasteiger partial charge on any atom is -0.464 e. The van der Waals surface area contributed by atoms with E-state index in [-0.39, 0.29) is 18.4 Å². The first-order valence-electron chi connectivity index (χ1n) is 11.9. The smallest absolute Gasteiger partial charge is 0.273 e. The van der Waals surface area contributed by atoms with E-state index >= 15 is 0 Å². The molecule has 0 spiro atoms. The molecule has 0 radical (unpaired) electrons. The first-order valence-corrected chi connectivity index (χ1v) is 12.8. The van der Waals surface area contributed by atoms with Gasteiger partial charge in [-0.05, 0) is 51.0 Å². The largest absolute Gasteiger partial charge is 0.464 e. The van der Waals surface area contributed by atoms with Crippen LogP contribution in [0.25, 0.3) is 0 Å². The molecule has 0 bridgehead atoms. The average Bonchev–Trinajstić information content (AvgIpc) is 3.27. The first kappa shape index (κ1) is 25.0. The maximum Gasteiger partial charge on any atom is 0.273 e. The Kier molecular flexibility index (Phi) is 8.46. The zero-order valence-electron chi connectivity index (χ0n) is 19.4. The molecule has 0 aromatic carbocycles. The molecule has 7 nitrogen and oxygen atoms in total. The Morgan fingerprint density at radius 1 is 1.26 bits per heavy atom. The SMILES string of the molecule is Cn1cc(CC(=O)NC2CCC(CCN3CCc4nc(OCC(F)F)sc4CC3)CC2)c(F)n1. The molecule has 3 heterocycles. The van der Waals surface area contributed by atoms with Crippen LogP contribution >= 0.6 is 11.3 Å². The van der Waals surface area contributed by atoms with Crippen LogP contribution in [0.1, 0.15) is 48.2 Å². The van der Waals surface area contributed by atoms with Crippen molar-refractivity contribution < 1.29 is 22.7 Å². The van der Waals surface area contributed by atoms with Gasteiger partial charge in [0, 0.05) is 49.2 Å². The van der Waals surface area contributed by atoms with Gasteiger partial charge in [-0.3, -0.25) is 9.48 Å². The number of carbonyl (C=O) groups is 1. The number of nitrogens with zero attached hydrogens (tertiary/aromatic N) is 4. The van der Waals surface area contributed by atoms with E-state index in [0.717, 1.165) is 75.2 Å². The van der Waals surface area contributed by atoms with Crippen molar-refractivity contribution >= 4 is 17.2 Å². The minimum atomic E-state index is -2.48. The van der Waals surface area contributed by atoms with Gasteiger partial charge in [-0.1, -0.05) is 11.3 Å². The second kappa shape index (κ2) is 11.5. The van der Waals surface area contributed by atoms with Crippen LogP contribution < -0.4 is 10.1 Å². The quantitative estimate of drug-likeness (QED) is 0.573. The maximum absolute atomic E-state index is 13.6. The number of hydrogen-bond donors (Lipinski definition) is 1. The molecule has 1 fully saturated rings. The van der Waals surface area contributed by atoms with Gasteiger partial charge in [-0.15, -0.1) is 5.10 Å². The summed E-state index contributed by atoms with van der Waals surface area (Å²) in [6.45, 7) is 2.29. The highest BCUT2D eigenvalue weighted by Gasteiger charge is 2.25. The topological polar surface area (TPSA) is 72.3 Å². The molecule has 0 unspecified atom stereocenters. The third kappa shape index (κ3) is 6.94. The molecule has 2 aliphatic rings. The lowest BCUT2D eigenvalue weighted by atomic mass is 9.84. The van der Waals surface area contributed by atoms with Crippen LogP contribution in [-0.4, -0.2) is 64.3 Å². The second-order valence-corrected chi connectivity index (χ2v) is 10.3. The van der Waals surface area contributed by atoms with Crippen molar-refractivity contribution in [2.75, 3.05) is 26.2 Å². The molecule has 2 aromatic heterocycles. The summed E-state index contributed by atoms with van der Waals surface area (Å²) in [5.74, 6) is -0.0845. The second-order valence-electron chi connectivity index (χ2n) is 9.26. The molecule has 188 valence electrons. The van der Waals surface area contributed by atoms with Crippen LogP contribution in [0.15, 0.2) is 6.20 Å². The number of halogens is 3. The molecule has 4 rings (SSSR count). The highest BCUT2D eigenvalue weighted by atomic mass is 32.1. The summed E-state index contributed by atoms with van der Waals surface area (Å²) in [4.78, 5) is 20.3. The van der Waals surface area contributed by atoms with Crippen LogP contribution in [-0.2, 0) is 31.1 Å². The molecule has 1 aliphatic heterocycles. The fraction of sp³-hybridized carbons (Fsp3) is 0.696. The minimum absolute atomic E-state index is 0.0226. The Labute approximate surface area is 201 Å². The van der Waals surface area contributed by atoms with E-state index < -0.39 is 19.0 Å². The zero-order valence-corrected chi connectivity index (χ0v) is 20.3. The van der Waals surface area contributed by atoms with Crippen LogP contribution in [0.2, 0.25) is 0 Å². The van der Waals surface area contributed by atoms with Gasteiger partial charge in [0.1, 0.15) is 0 Å². The zero-order chi connectivity index (χ0) is 24.1. The van der Waals surface area contributed by atoms with Crippen molar-refractivity contribution in [2.45, 2.75) is 63.8 Å². The molecule has 1 amide bonds.